The van der Waals surface area contributed by atoms with Gasteiger partial charge in [0.05, 0.1) is 6.61 Å². The van der Waals surface area contributed by atoms with Crippen LogP contribution < -0.4 is 0 Å². The lowest BCUT2D eigenvalue weighted by atomic mass is 10.0. The van der Waals surface area contributed by atoms with E-state index >= 15 is 0 Å². The van der Waals surface area contributed by atoms with Crippen LogP contribution in [0.2, 0.25) is 0 Å². The molecule has 2 atom stereocenters. The standard InChI is InChI=1S/C12H19NOS/c1-10(12-6-4-8-15-12)13-7-3-2-5-11(13)9-14/h4,6,8,10-11,14H,2-3,5,7,9H2,1H3/t10-,11-/m1/s1. The van der Waals surface area contributed by atoms with Crippen LogP contribution in [0, 0.1) is 0 Å². The first kappa shape index (κ1) is 11.1. The molecule has 1 saturated heterocycles. The van der Waals surface area contributed by atoms with Gasteiger partial charge < -0.3 is 5.11 Å². The number of thiophene rings is 1. The minimum absolute atomic E-state index is 0.301. The Morgan fingerprint density at radius 2 is 2.47 bits per heavy atom. The molecule has 0 spiro atoms. The van der Waals surface area contributed by atoms with E-state index in [9.17, 15) is 5.11 Å². The highest BCUT2D eigenvalue weighted by atomic mass is 32.1. The minimum atomic E-state index is 0.301. The van der Waals surface area contributed by atoms with Crippen molar-refractivity contribution in [1.82, 2.24) is 4.90 Å². The Balaban J connectivity index is 2.07. The molecule has 1 N–H and O–H groups in total. The van der Waals surface area contributed by atoms with Gasteiger partial charge in [0.25, 0.3) is 0 Å². The van der Waals surface area contributed by atoms with E-state index in [0.717, 1.165) is 13.0 Å². The summed E-state index contributed by atoms with van der Waals surface area (Å²) in [6.45, 7) is 3.68. The summed E-state index contributed by atoms with van der Waals surface area (Å²) in [5.41, 5.74) is 0. The Kier molecular flexibility index (Phi) is 3.78. The molecule has 3 heteroatoms. The van der Waals surface area contributed by atoms with Crippen LogP contribution in [0.15, 0.2) is 17.5 Å². The van der Waals surface area contributed by atoms with Crippen molar-refractivity contribution in [2.75, 3.05) is 13.2 Å². The summed E-state index contributed by atoms with van der Waals surface area (Å²) < 4.78 is 0. The number of likely N-dealkylation sites (tertiary alicyclic amines) is 1. The zero-order valence-electron chi connectivity index (χ0n) is 9.22. The van der Waals surface area contributed by atoms with Crippen LogP contribution in [0.25, 0.3) is 0 Å². The molecule has 0 aromatic carbocycles. The van der Waals surface area contributed by atoms with Crippen molar-refractivity contribution in [1.29, 1.82) is 0 Å². The van der Waals surface area contributed by atoms with Crippen LogP contribution >= 0.6 is 11.3 Å². The number of nitrogens with zero attached hydrogens (tertiary/aromatic N) is 1. The van der Waals surface area contributed by atoms with Crippen LogP contribution in [-0.2, 0) is 0 Å². The molecule has 1 aromatic heterocycles. The van der Waals surface area contributed by atoms with Crippen molar-refractivity contribution in [2.45, 2.75) is 38.3 Å². The molecule has 2 nitrogen and oxygen atoms in total. The maximum absolute atomic E-state index is 9.37. The van der Waals surface area contributed by atoms with Gasteiger partial charge in [-0.25, -0.2) is 0 Å². The van der Waals surface area contributed by atoms with E-state index in [4.69, 9.17) is 0 Å². The molecule has 0 amide bonds. The molecule has 1 aliphatic rings. The van der Waals surface area contributed by atoms with Crippen molar-refractivity contribution in [3.8, 4) is 0 Å². The average Bonchev–Trinajstić information content (AvgIpc) is 2.81. The lowest BCUT2D eigenvalue weighted by Crippen LogP contribution is -2.42. The van der Waals surface area contributed by atoms with Gasteiger partial charge in [-0.3, -0.25) is 4.90 Å². The largest absolute Gasteiger partial charge is 0.395 e. The van der Waals surface area contributed by atoms with Crippen molar-refractivity contribution in [3.63, 3.8) is 0 Å². The third-order valence-corrected chi connectivity index (χ3v) is 4.38. The zero-order valence-corrected chi connectivity index (χ0v) is 10.0. The molecule has 1 fully saturated rings. The van der Waals surface area contributed by atoms with Crippen molar-refractivity contribution in [2.24, 2.45) is 0 Å². The van der Waals surface area contributed by atoms with E-state index in [1.54, 1.807) is 0 Å². The highest BCUT2D eigenvalue weighted by Crippen LogP contribution is 2.30. The molecular weight excluding hydrogens is 206 g/mol. The maximum atomic E-state index is 9.37. The second kappa shape index (κ2) is 5.10. The molecule has 0 unspecified atom stereocenters. The Labute approximate surface area is 95.5 Å². The van der Waals surface area contributed by atoms with Gasteiger partial charge in [0.1, 0.15) is 0 Å². The van der Waals surface area contributed by atoms with Crippen LogP contribution in [0.5, 0.6) is 0 Å². The van der Waals surface area contributed by atoms with Gasteiger partial charge in [0.2, 0.25) is 0 Å². The topological polar surface area (TPSA) is 23.5 Å². The molecule has 0 bridgehead atoms. The van der Waals surface area contributed by atoms with Crippen molar-refractivity contribution >= 4 is 11.3 Å². The average molecular weight is 225 g/mol. The van der Waals surface area contributed by atoms with E-state index in [1.165, 1.54) is 17.7 Å². The molecular formula is C12H19NOS. The fourth-order valence-corrected chi connectivity index (χ4v) is 3.22. The number of aliphatic hydroxyl groups is 1. The molecule has 1 aliphatic heterocycles. The van der Waals surface area contributed by atoms with Gasteiger partial charge in [-0.05, 0) is 37.8 Å². The summed E-state index contributed by atoms with van der Waals surface area (Å²) >= 11 is 1.81. The highest BCUT2D eigenvalue weighted by Gasteiger charge is 2.26. The van der Waals surface area contributed by atoms with E-state index in [-0.39, 0.29) is 0 Å². The Morgan fingerprint density at radius 3 is 3.13 bits per heavy atom. The molecule has 2 heterocycles. The van der Waals surface area contributed by atoms with Crippen molar-refractivity contribution < 1.29 is 5.11 Å². The van der Waals surface area contributed by atoms with Crippen LogP contribution in [0.1, 0.15) is 37.1 Å². The van der Waals surface area contributed by atoms with Gasteiger partial charge in [-0.15, -0.1) is 11.3 Å². The van der Waals surface area contributed by atoms with Crippen LogP contribution in [0.4, 0.5) is 0 Å². The predicted molar refractivity (Wildman–Crippen MR) is 64.2 cm³/mol. The van der Waals surface area contributed by atoms with Gasteiger partial charge >= 0.3 is 0 Å². The molecule has 1 aromatic rings. The van der Waals surface area contributed by atoms with E-state index in [1.807, 2.05) is 11.3 Å². The second-order valence-corrected chi connectivity index (χ2v) is 5.24. The second-order valence-electron chi connectivity index (χ2n) is 4.26. The summed E-state index contributed by atoms with van der Waals surface area (Å²) in [6, 6.07) is 5.13. The quantitative estimate of drug-likeness (QED) is 0.855. The fraction of sp³-hybridized carbons (Fsp3) is 0.667. The summed E-state index contributed by atoms with van der Waals surface area (Å²) in [7, 11) is 0. The van der Waals surface area contributed by atoms with Crippen LogP contribution in [-0.4, -0.2) is 29.2 Å². The summed E-state index contributed by atoms with van der Waals surface area (Å²) in [5, 5.41) is 11.5. The lowest BCUT2D eigenvalue weighted by molar-refractivity contribution is 0.0600. The van der Waals surface area contributed by atoms with E-state index < -0.39 is 0 Å². The molecule has 0 saturated carbocycles. The number of piperidine rings is 1. The van der Waals surface area contributed by atoms with Crippen molar-refractivity contribution in [3.05, 3.63) is 22.4 Å². The number of hydrogen-bond donors (Lipinski definition) is 1. The highest BCUT2D eigenvalue weighted by molar-refractivity contribution is 7.10. The normalized spacial score (nSPS) is 25.3. The van der Waals surface area contributed by atoms with Gasteiger partial charge in [-0.1, -0.05) is 12.5 Å². The molecule has 0 aliphatic carbocycles. The Bertz CT molecular complexity index is 286. The SMILES string of the molecule is C[C@H](c1cccs1)N1CCCC[C@@H]1CO. The van der Waals surface area contributed by atoms with E-state index in [0.29, 0.717) is 18.7 Å². The number of rotatable bonds is 3. The lowest BCUT2D eigenvalue weighted by Gasteiger charge is -2.38. The van der Waals surface area contributed by atoms with Crippen LogP contribution in [0.3, 0.4) is 0 Å². The molecule has 84 valence electrons. The summed E-state index contributed by atoms with van der Waals surface area (Å²) in [4.78, 5) is 3.87. The maximum Gasteiger partial charge on any atom is 0.0587 e. The first-order valence-electron chi connectivity index (χ1n) is 5.73. The summed E-state index contributed by atoms with van der Waals surface area (Å²) in [6.07, 6.45) is 3.68. The molecule has 15 heavy (non-hydrogen) atoms. The first-order valence-corrected chi connectivity index (χ1v) is 6.61. The monoisotopic (exact) mass is 225 g/mol. The predicted octanol–water partition coefficient (Wildman–Crippen LogP) is 2.66. The minimum Gasteiger partial charge on any atom is -0.395 e. The number of hydrogen-bond acceptors (Lipinski definition) is 3. The Morgan fingerprint density at radius 1 is 1.60 bits per heavy atom. The number of aliphatic hydroxyl groups excluding tert-OH is 1. The van der Waals surface area contributed by atoms with Gasteiger partial charge in [-0.2, -0.15) is 0 Å². The molecule has 0 radical (unpaired) electrons. The van der Waals surface area contributed by atoms with Gasteiger partial charge in [0.15, 0.2) is 0 Å². The smallest absolute Gasteiger partial charge is 0.0587 e. The zero-order chi connectivity index (χ0) is 10.7. The third-order valence-electron chi connectivity index (χ3n) is 3.34. The first-order chi connectivity index (χ1) is 7.33. The Hall–Kier alpha value is -0.380. The third kappa shape index (κ3) is 2.41. The van der Waals surface area contributed by atoms with Gasteiger partial charge in [0, 0.05) is 17.0 Å². The van der Waals surface area contributed by atoms with E-state index in [2.05, 4.69) is 29.3 Å². The summed E-state index contributed by atoms with van der Waals surface area (Å²) in [5.74, 6) is 0. The fourth-order valence-electron chi connectivity index (χ4n) is 2.42. The molecule has 2 rings (SSSR count).